The van der Waals surface area contributed by atoms with Crippen molar-refractivity contribution in [3.8, 4) is 0 Å². The van der Waals surface area contributed by atoms with Gasteiger partial charge in [0.25, 0.3) is 0 Å². The molecule has 2 amide bonds. The highest BCUT2D eigenvalue weighted by molar-refractivity contribution is 5.88. The average Bonchev–Trinajstić information content (AvgIpc) is 1.63. The van der Waals surface area contributed by atoms with Crippen molar-refractivity contribution in [1.82, 2.24) is 5.32 Å². The Morgan fingerprint density at radius 2 is 2.11 bits per heavy atom. The summed E-state index contributed by atoms with van der Waals surface area (Å²) in [4.78, 5) is 28.8. The van der Waals surface area contributed by atoms with E-state index in [-0.39, 0.29) is 6.47 Å². The van der Waals surface area contributed by atoms with Crippen molar-refractivity contribution in [2.45, 2.75) is 0 Å². The molecule has 0 aromatic rings. The summed E-state index contributed by atoms with van der Waals surface area (Å²) >= 11 is 0. The van der Waals surface area contributed by atoms with E-state index in [1.165, 1.54) is 5.32 Å². The fourth-order valence-corrected chi connectivity index (χ4v) is 0.160. The lowest BCUT2D eigenvalue weighted by Gasteiger charge is -1.91. The fourth-order valence-electron chi connectivity index (χ4n) is 0.160. The summed E-state index contributed by atoms with van der Waals surface area (Å²) in [6.45, 7) is -0.168. The summed E-state index contributed by atoms with van der Waals surface area (Å²) in [5.41, 5.74) is 0. The van der Waals surface area contributed by atoms with Crippen LogP contribution in [0.3, 0.4) is 0 Å². The Morgan fingerprint density at radius 1 is 1.56 bits per heavy atom. The Kier molecular flexibility index (Phi) is 2.81. The van der Waals surface area contributed by atoms with Crippen LogP contribution in [0.1, 0.15) is 0 Å². The Hall–Kier alpha value is -1.59. The molecule has 6 nitrogen and oxygen atoms in total. The summed E-state index contributed by atoms with van der Waals surface area (Å²) < 4.78 is 3.54. The molecular weight excluding hydrogens is 130 g/mol. The molecular formula is C3H3NO5. The lowest BCUT2D eigenvalue weighted by atomic mass is 11.0. The van der Waals surface area contributed by atoms with Crippen LogP contribution in [0.15, 0.2) is 0 Å². The van der Waals surface area contributed by atoms with E-state index in [0.717, 1.165) is 0 Å². The third-order valence-electron chi connectivity index (χ3n) is 0.364. The molecule has 0 atom stereocenters. The molecule has 50 valence electrons. The van der Waals surface area contributed by atoms with Gasteiger partial charge in [-0.05, 0) is 0 Å². The molecule has 0 aromatic carbocycles. The summed E-state index contributed by atoms with van der Waals surface area (Å²) in [5, 5.41) is 9.05. The van der Waals surface area contributed by atoms with Crippen molar-refractivity contribution in [2.75, 3.05) is 0 Å². The molecule has 0 rings (SSSR count). The summed E-state index contributed by atoms with van der Waals surface area (Å²) in [5.74, 6) is 0. The predicted octanol–water partition coefficient (Wildman–Crippen LogP) is -0.453. The van der Waals surface area contributed by atoms with E-state index in [9.17, 15) is 14.4 Å². The van der Waals surface area contributed by atoms with Gasteiger partial charge in [-0.3, -0.25) is 4.79 Å². The third-order valence-corrected chi connectivity index (χ3v) is 0.364. The quantitative estimate of drug-likeness (QED) is 0.373. The molecule has 0 aliphatic rings. The number of carbonyl (C=O) groups is 3. The summed E-state index contributed by atoms with van der Waals surface area (Å²) in [6, 6.07) is 0. The van der Waals surface area contributed by atoms with E-state index < -0.39 is 12.2 Å². The third kappa shape index (κ3) is 4.26. The van der Waals surface area contributed by atoms with Gasteiger partial charge in [0.2, 0.25) is 0 Å². The van der Waals surface area contributed by atoms with Crippen LogP contribution in [0.25, 0.3) is 0 Å². The highest BCUT2D eigenvalue weighted by Gasteiger charge is 2.03. The number of nitrogens with one attached hydrogen (secondary N) is 1. The Balaban J connectivity index is 3.50. The number of carboxylic acid groups (broad SMARTS) is 1. The molecule has 0 radical (unpaired) electrons. The van der Waals surface area contributed by atoms with Crippen molar-refractivity contribution in [1.29, 1.82) is 0 Å². The van der Waals surface area contributed by atoms with E-state index in [2.05, 4.69) is 4.74 Å². The Morgan fingerprint density at radius 3 is 2.44 bits per heavy atom. The molecule has 0 fully saturated rings. The van der Waals surface area contributed by atoms with E-state index in [0.29, 0.717) is 0 Å². The van der Waals surface area contributed by atoms with Crippen LogP contribution in [0.5, 0.6) is 0 Å². The molecule has 2 N–H and O–H groups in total. The molecule has 0 bridgehead atoms. The van der Waals surface area contributed by atoms with Crippen LogP contribution in [-0.4, -0.2) is 23.8 Å². The molecule has 0 aliphatic carbocycles. The van der Waals surface area contributed by atoms with Crippen molar-refractivity contribution < 1.29 is 24.2 Å². The van der Waals surface area contributed by atoms with Gasteiger partial charge in [0, 0.05) is 0 Å². The molecule has 0 saturated carbocycles. The van der Waals surface area contributed by atoms with Gasteiger partial charge in [0.15, 0.2) is 0 Å². The lowest BCUT2D eigenvalue weighted by molar-refractivity contribution is -0.123. The second-order valence-corrected chi connectivity index (χ2v) is 0.932. The Labute approximate surface area is 49.4 Å². The molecule has 0 aromatic heterocycles. The molecule has 0 spiro atoms. The average molecular weight is 133 g/mol. The zero-order valence-electron chi connectivity index (χ0n) is 4.16. The van der Waals surface area contributed by atoms with E-state index >= 15 is 0 Å². The maximum absolute atomic E-state index is 9.91. The molecule has 6 heteroatoms. The number of rotatable bonds is 1. The summed E-state index contributed by atoms with van der Waals surface area (Å²) in [7, 11) is 0. The van der Waals surface area contributed by atoms with Crippen molar-refractivity contribution in [2.24, 2.45) is 0 Å². The summed E-state index contributed by atoms with van der Waals surface area (Å²) in [6.07, 6.45) is -2.88. The molecule has 0 heterocycles. The largest absolute Gasteiger partial charge is 0.465 e. The number of ether oxygens (including phenoxy) is 1. The normalized spacial score (nSPS) is 7.56. The van der Waals surface area contributed by atoms with Gasteiger partial charge in [0.1, 0.15) is 0 Å². The molecule has 0 unspecified atom stereocenters. The first kappa shape index (κ1) is 7.41. The van der Waals surface area contributed by atoms with Crippen LogP contribution in [-0.2, 0) is 9.53 Å². The highest BCUT2D eigenvalue weighted by Crippen LogP contribution is 1.69. The van der Waals surface area contributed by atoms with Gasteiger partial charge in [-0.25, -0.2) is 14.9 Å². The topological polar surface area (TPSA) is 92.7 Å². The number of carbonyl (C=O) groups excluding carboxylic acids is 2. The number of imide groups is 1. The van der Waals surface area contributed by atoms with Crippen molar-refractivity contribution in [3.05, 3.63) is 0 Å². The lowest BCUT2D eigenvalue weighted by Crippen LogP contribution is -2.28. The van der Waals surface area contributed by atoms with Gasteiger partial charge in [-0.15, -0.1) is 0 Å². The minimum Gasteiger partial charge on any atom is -0.465 e. The van der Waals surface area contributed by atoms with Crippen LogP contribution in [0.2, 0.25) is 0 Å². The second kappa shape index (κ2) is 3.42. The maximum Gasteiger partial charge on any atom is 0.424 e. The monoisotopic (exact) mass is 133 g/mol. The number of hydrogen-bond donors (Lipinski definition) is 2. The molecule has 0 aliphatic heterocycles. The first-order chi connectivity index (χ1) is 4.16. The fraction of sp³-hybridized carbons (Fsp3) is 0. The number of amides is 2. The zero-order valence-corrected chi connectivity index (χ0v) is 4.16. The van der Waals surface area contributed by atoms with Gasteiger partial charge in [0.05, 0.1) is 0 Å². The van der Waals surface area contributed by atoms with E-state index in [1.807, 2.05) is 0 Å². The standard InChI is InChI=1S/C3H3NO5/c5-1-9-3(8)4-2(6)7/h1H,(H,4,8)(H,6,7). The van der Waals surface area contributed by atoms with Gasteiger partial charge < -0.3 is 9.84 Å². The maximum atomic E-state index is 9.91. The Bertz CT molecular complexity index is 141. The zero-order chi connectivity index (χ0) is 7.28. The van der Waals surface area contributed by atoms with Gasteiger partial charge >= 0.3 is 18.7 Å². The smallest absolute Gasteiger partial charge is 0.424 e. The number of alkyl carbamates (subject to hydrolysis) is 1. The minimum absolute atomic E-state index is 0.168. The predicted molar refractivity (Wildman–Crippen MR) is 23.7 cm³/mol. The van der Waals surface area contributed by atoms with E-state index in [1.54, 1.807) is 0 Å². The minimum atomic E-state index is -1.57. The highest BCUT2D eigenvalue weighted by atomic mass is 16.6. The first-order valence-corrected chi connectivity index (χ1v) is 1.81. The second-order valence-electron chi connectivity index (χ2n) is 0.932. The van der Waals surface area contributed by atoms with Gasteiger partial charge in [-0.1, -0.05) is 0 Å². The van der Waals surface area contributed by atoms with E-state index in [4.69, 9.17) is 5.11 Å². The molecule has 9 heavy (non-hydrogen) atoms. The van der Waals surface area contributed by atoms with Crippen LogP contribution < -0.4 is 5.32 Å². The molecule has 0 saturated heterocycles. The van der Waals surface area contributed by atoms with Crippen molar-refractivity contribution in [3.63, 3.8) is 0 Å². The van der Waals surface area contributed by atoms with Crippen LogP contribution >= 0.6 is 0 Å². The van der Waals surface area contributed by atoms with Crippen LogP contribution in [0.4, 0.5) is 9.59 Å². The number of hydrogen-bond acceptors (Lipinski definition) is 4. The first-order valence-electron chi connectivity index (χ1n) is 1.81. The SMILES string of the molecule is O=COC(=O)NC(=O)O. The van der Waals surface area contributed by atoms with Crippen LogP contribution in [0, 0.1) is 0 Å². The van der Waals surface area contributed by atoms with Crippen molar-refractivity contribution >= 4 is 18.7 Å². The van der Waals surface area contributed by atoms with Gasteiger partial charge in [-0.2, -0.15) is 0 Å².